The lowest BCUT2D eigenvalue weighted by molar-refractivity contribution is 0.380. The summed E-state index contributed by atoms with van der Waals surface area (Å²) < 4.78 is 5.14. The predicted octanol–water partition coefficient (Wildman–Crippen LogP) is 4.48. The molecule has 14 heavy (non-hydrogen) atoms. The highest BCUT2D eigenvalue weighted by Crippen LogP contribution is 2.30. The Hall–Kier alpha value is 0.250. The van der Waals surface area contributed by atoms with Crippen molar-refractivity contribution < 1.29 is 4.74 Å². The molecule has 2 atom stereocenters. The molecule has 0 N–H and O–H groups in total. The number of ether oxygens (including phenoxy) is 1. The molecule has 0 aliphatic carbocycles. The van der Waals surface area contributed by atoms with E-state index in [1.807, 2.05) is 0 Å². The summed E-state index contributed by atoms with van der Waals surface area (Å²) in [6.45, 7) is 2.26. The van der Waals surface area contributed by atoms with Gasteiger partial charge in [0.15, 0.2) is 5.56 Å². The predicted molar refractivity (Wildman–Crippen MR) is 61.7 cm³/mol. The average molecular weight is 219 g/mol. The van der Waals surface area contributed by atoms with E-state index in [0.717, 1.165) is 0 Å². The van der Waals surface area contributed by atoms with Gasteiger partial charge in [0.1, 0.15) is 0 Å². The Morgan fingerprint density at radius 2 is 1.43 bits per heavy atom. The lowest BCUT2D eigenvalue weighted by atomic mass is 10.1. The van der Waals surface area contributed by atoms with Crippen LogP contribution in [0.5, 0.6) is 0 Å². The smallest absolute Gasteiger partial charge is 0.157 e. The van der Waals surface area contributed by atoms with Gasteiger partial charge < -0.3 is 4.74 Å². The first kappa shape index (κ1) is 12.3. The summed E-state index contributed by atoms with van der Waals surface area (Å²) >= 11 is 5.73. The fraction of sp³-hybridized carbons (Fsp3) is 1.00. The Labute approximate surface area is 93.2 Å². The van der Waals surface area contributed by atoms with Crippen molar-refractivity contribution in [2.45, 2.75) is 76.4 Å². The summed E-state index contributed by atoms with van der Waals surface area (Å²) in [5.41, 5.74) is 0.0413. The Balaban J connectivity index is 1.68. The largest absolute Gasteiger partial charge is 0.352 e. The molecule has 0 radical (unpaired) electrons. The van der Waals surface area contributed by atoms with Crippen LogP contribution < -0.4 is 0 Å². The Bertz CT molecular complexity index is 138. The fourth-order valence-electron chi connectivity index (χ4n) is 1.80. The molecule has 1 heterocycles. The molecular weight excluding hydrogens is 196 g/mol. The lowest BCUT2D eigenvalue weighted by Gasteiger charge is -2.00. The molecule has 1 saturated heterocycles. The molecule has 0 aromatic heterocycles. The number of rotatable bonds is 9. The van der Waals surface area contributed by atoms with E-state index in [1.54, 1.807) is 0 Å². The van der Waals surface area contributed by atoms with E-state index in [1.165, 1.54) is 57.8 Å². The van der Waals surface area contributed by atoms with Gasteiger partial charge in [0.25, 0.3) is 0 Å². The summed E-state index contributed by atoms with van der Waals surface area (Å²) in [5, 5.41) is 0. The zero-order valence-corrected chi connectivity index (χ0v) is 10.1. The van der Waals surface area contributed by atoms with Crippen LogP contribution in [0.15, 0.2) is 0 Å². The summed E-state index contributed by atoms with van der Waals surface area (Å²) in [7, 11) is 0. The van der Waals surface area contributed by atoms with Gasteiger partial charge in [-0.05, 0) is 6.42 Å². The Kier molecular flexibility index (Phi) is 6.63. The molecule has 0 saturated carbocycles. The van der Waals surface area contributed by atoms with Crippen LogP contribution in [0, 0.1) is 0 Å². The monoisotopic (exact) mass is 218 g/mol. The maximum Gasteiger partial charge on any atom is 0.157 e. The van der Waals surface area contributed by atoms with Gasteiger partial charge in [0.2, 0.25) is 0 Å². The average Bonchev–Trinajstić information content (AvgIpc) is 2.87. The minimum Gasteiger partial charge on any atom is -0.352 e. The highest BCUT2D eigenvalue weighted by atomic mass is 35.5. The molecule has 0 spiro atoms. The van der Waals surface area contributed by atoms with E-state index in [9.17, 15) is 0 Å². The first-order valence-corrected chi connectivity index (χ1v) is 6.57. The van der Waals surface area contributed by atoms with E-state index in [-0.39, 0.29) is 5.56 Å². The summed E-state index contributed by atoms with van der Waals surface area (Å²) in [4.78, 5) is 0. The number of epoxide rings is 1. The third-order valence-electron chi connectivity index (χ3n) is 2.86. The van der Waals surface area contributed by atoms with Gasteiger partial charge in [-0.3, -0.25) is 0 Å². The maximum atomic E-state index is 5.73. The van der Waals surface area contributed by atoms with Crippen molar-refractivity contribution in [3.63, 3.8) is 0 Å². The standard InChI is InChI=1S/C12H23ClO/c1-2-3-4-5-6-7-8-9-10-11-12(13)14-11/h11-12H,2-10H2,1H3. The van der Waals surface area contributed by atoms with Crippen LogP contribution in [0.4, 0.5) is 0 Å². The molecule has 1 nitrogen and oxygen atoms in total. The van der Waals surface area contributed by atoms with Gasteiger partial charge in [-0.2, -0.15) is 0 Å². The fourth-order valence-corrected chi connectivity index (χ4v) is 2.06. The number of hydrogen-bond acceptors (Lipinski definition) is 1. The molecule has 1 aliphatic rings. The first-order valence-electron chi connectivity index (χ1n) is 6.14. The number of hydrogen-bond donors (Lipinski definition) is 0. The van der Waals surface area contributed by atoms with Crippen LogP contribution in [0.25, 0.3) is 0 Å². The summed E-state index contributed by atoms with van der Waals surface area (Å²) in [6, 6.07) is 0. The molecule has 0 bridgehead atoms. The van der Waals surface area contributed by atoms with E-state index in [0.29, 0.717) is 6.10 Å². The molecule has 1 rings (SSSR count). The van der Waals surface area contributed by atoms with Gasteiger partial charge in [-0.1, -0.05) is 69.9 Å². The normalized spacial score (nSPS) is 25.3. The summed E-state index contributed by atoms with van der Waals surface area (Å²) in [5.74, 6) is 0. The van der Waals surface area contributed by atoms with Crippen LogP contribution in [0.3, 0.4) is 0 Å². The van der Waals surface area contributed by atoms with Gasteiger partial charge in [-0.15, -0.1) is 0 Å². The maximum absolute atomic E-state index is 5.73. The van der Waals surface area contributed by atoms with Gasteiger partial charge in [0, 0.05) is 0 Å². The Morgan fingerprint density at radius 1 is 0.929 bits per heavy atom. The lowest BCUT2D eigenvalue weighted by Crippen LogP contribution is -1.88. The van der Waals surface area contributed by atoms with E-state index in [2.05, 4.69) is 6.92 Å². The highest BCUT2D eigenvalue weighted by Gasteiger charge is 2.35. The molecular formula is C12H23ClO. The quantitative estimate of drug-likeness (QED) is 0.316. The minimum atomic E-state index is 0.0413. The first-order chi connectivity index (χ1) is 6.84. The van der Waals surface area contributed by atoms with Crippen molar-refractivity contribution in [2.24, 2.45) is 0 Å². The van der Waals surface area contributed by atoms with Crippen molar-refractivity contribution in [3.8, 4) is 0 Å². The number of alkyl halides is 1. The zero-order valence-electron chi connectivity index (χ0n) is 9.30. The third-order valence-corrected chi connectivity index (χ3v) is 3.25. The van der Waals surface area contributed by atoms with Crippen molar-refractivity contribution in [1.82, 2.24) is 0 Å². The molecule has 2 unspecified atom stereocenters. The molecule has 0 aromatic carbocycles. The second kappa shape index (κ2) is 7.53. The molecule has 2 heteroatoms. The van der Waals surface area contributed by atoms with Crippen molar-refractivity contribution >= 4 is 11.6 Å². The third kappa shape index (κ3) is 5.87. The van der Waals surface area contributed by atoms with Crippen LogP contribution in [0.1, 0.15) is 64.7 Å². The Morgan fingerprint density at radius 3 is 1.93 bits per heavy atom. The molecule has 84 valence electrons. The second-order valence-corrected chi connectivity index (χ2v) is 4.72. The van der Waals surface area contributed by atoms with Gasteiger partial charge in [-0.25, -0.2) is 0 Å². The minimum absolute atomic E-state index is 0.0413. The SMILES string of the molecule is CCCCCCCCCCC1OC1Cl. The van der Waals surface area contributed by atoms with Crippen LogP contribution in [-0.4, -0.2) is 11.7 Å². The molecule has 1 aliphatic heterocycles. The van der Waals surface area contributed by atoms with Crippen molar-refractivity contribution in [1.29, 1.82) is 0 Å². The van der Waals surface area contributed by atoms with Crippen LogP contribution in [0.2, 0.25) is 0 Å². The van der Waals surface area contributed by atoms with Crippen LogP contribution in [-0.2, 0) is 4.74 Å². The molecule has 0 amide bonds. The second-order valence-electron chi connectivity index (χ2n) is 4.29. The number of unbranched alkanes of at least 4 members (excludes halogenated alkanes) is 7. The number of halogens is 1. The molecule has 1 fully saturated rings. The summed E-state index contributed by atoms with van der Waals surface area (Å²) in [6.07, 6.45) is 12.6. The van der Waals surface area contributed by atoms with Crippen LogP contribution >= 0.6 is 11.6 Å². The van der Waals surface area contributed by atoms with E-state index < -0.39 is 0 Å². The topological polar surface area (TPSA) is 12.5 Å². The van der Waals surface area contributed by atoms with Gasteiger partial charge in [0.05, 0.1) is 6.10 Å². The van der Waals surface area contributed by atoms with Crippen molar-refractivity contribution in [2.75, 3.05) is 0 Å². The van der Waals surface area contributed by atoms with E-state index in [4.69, 9.17) is 16.3 Å². The highest BCUT2D eigenvalue weighted by molar-refractivity contribution is 6.21. The van der Waals surface area contributed by atoms with Crippen molar-refractivity contribution in [3.05, 3.63) is 0 Å². The van der Waals surface area contributed by atoms with Gasteiger partial charge >= 0.3 is 0 Å². The molecule has 0 aromatic rings. The van der Waals surface area contributed by atoms with E-state index >= 15 is 0 Å². The zero-order chi connectivity index (χ0) is 10.2.